The molecule has 0 bridgehead atoms. The van der Waals surface area contributed by atoms with E-state index >= 15 is 0 Å². The molecule has 1 fully saturated rings. The smallest absolute Gasteiger partial charge is 0.222 e. The predicted molar refractivity (Wildman–Crippen MR) is 109 cm³/mol. The number of nitrogens with zero attached hydrogens (tertiary/aromatic N) is 2. The number of benzene rings is 1. The Morgan fingerprint density at radius 1 is 0.926 bits per heavy atom. The molecule has 1 aromatic carbocycles. The van der Waals surface area contributed by atoms with Crippen molar-refractivity contribution in [1.29, 1.82) is 0 Å². The van der Waals surface area contributed by atoms with Crippen LogP contribution in [0.15, 0.2) is 67.0 Å². The maximum absolute atomic E-state index is 6.15. The molecule has 138 valence electrons. The van der Waals surface area contributed by atoms with Gasteiger partial charge in [0.2, 0.25) is 5.88 Å². The van der Waals surface area contributed by atoms with Crippen molar-refractivity contribution >= 4 is 11.5 Å². The molecular weight excluding hydrogens is 334 g/mol. The molecule has 27 heavy (non-hydrogen) atoms. The standard InChI is InChI=1S/C23H25N3O/c1-17-6-4-7-18(16-17)21-8-5-15-25-23(21)27-20-12-10-19(11-13-20)26-22-9-2-3-14-24-22/h2-3,5,8-15,17-18H,4,6-7,16H2,1H3,(H,24,26)/t17-,18+/m1/s1. The van der Waals surface area contributed by atoms with Gasteiger partial charge in [-0.15, -0.1) is 0 Å². The van der Waals surface area contributed by atoms with Gasteiger partial charge in [-0.05, 0) is 67.1 Å². The van der Waals surface area contributed by atoms with Gasteiger partial charge in [0.25, 0.3) is 0 Å². The molecule has 2 aromatic heterocycles. The van der Waals surface area contributed by atoms with Crippen molar-refractivity contribution in [1.82, 2.24) is 9.97 Å². The number of hydrogen-bond donors (Lipinski definition) is 1. The van der Waals surface area contributed by atoms with Crippen LogP contribution < -0.4 is 10.1 Å². The molecule has 4 heteroatoms. The highest BCUT2D eigenvalue weighted by Gasteiger charge is 2.23. The lowest BCUT2D eigenvalue weighted by Gasteiger charge is -2.27. The molecular formula is C23H25N3O. The number of aromatic nitrogens is 2. The molecule has 1 N–H and O–H groups in total. The van der Waals surface area contributed by atoms with Gasteiger partial charge in [0, 0.05) is 23.6 Å². The molecule has 0 amide bonds. The minimum absolute atomic E-state index is 0.544. The summed E-state index contributed by atoms with van der Waals surface area (Å²) in [7, 11) is 0. The molecule has 3 aromatic rings. The third kappa shape index (κ3) is 4.45. The van der Waals surface area contributed by atoms with Crippen LogP contribution in [0.4, 0.5) is 11.5 Å². The van der Waals surface area contributed by atoms with Crippen molar-refractivity contribution in [2.45, 2.75) is 38.5 Å². The van der Waals surface area contributed by atoms with Crippen LogP contribution in [-0.2, 0) is 0 Å². The van der Waals surface area contributed by atoms with E-state index in [1.54, 1.807) is 6.20 Å². The van der Waals surface area contributed by atoms with Crippen LogP contribution in [0.3, 0.4) is 0 Å². The minimum Gasteiger partial charge on any atom is -0.439 e. The van der Waals surface area contributed by atoms with Crippen molar-refractivity contribution in [3.8, 4) is 11.6 Å². The summed E-state index contributed by atoms with van der Waals surface area (Å²) in [6.45, 7) is 2.34. The summed E-state index contributed by atoms with van der Waals surface area (Å²) < 4.78 is 6.15. The molecule has 1 aliphatic carbocycles. The number of pyridine rings is 2. The average Bonchev–Trinajstić information content (AvgIpc) is 2.71. The lowest BCUT2D eigenvalue weighted by Crippen LogP contribution is -2.12. The summed E-state index contributed by atoms with van der Waals surface area (Å²) in [5.41, 5.74) is 2.21. The number of rotatable bonds is 5. The Kier molecular flexibility index (Phi) is 5.33. The highest BCUT2D eigenvalue weighted by molar-refractivity contribution is 5.57. The van der Waals surface area contributed by atoms with Crippen LogP contribution in [0.25, 0.3) is 0 Å². The summed E-state index contributed by atoms with van der Waals surface area (Å²) in [5.74, 6) is 3.67. The molecule has 2 atom stereocenters. The number of hydrogen-bond acceptors (Lipinski definition) is 4. The topological polar surface area (TPSA) is 47.0 Å². The van der Waals surface area contributed by atoms with E-state index in [0.717, 1.165) is 29.1 Å². The van der Waals surface area contributed by atoms with Crippen LogP contribution in [0.5, 0.6) is 11.6 Å². The zero-order chi connectivity index (χ0) is 18.5. The summed E-state index contributed by atoms with van der Waals surface area (Å²) >= 11 is 0. The second-order valence-corrected chi connectivity index (χ2v) is 7.33. The monoisotopic (exact) mass is 359 g/mol. The lowest BCUT2D eigenvalue weighted by atomic mass is 9.79. The van der Waals surface area contributed by atoms with Crippen LogP contribution in [0.2, 0.25) is 0 Å². The van der Waals surface area contributed by atoms with Gasteiger partial charge in [-0.25, -0.2) is 9.97 Å². The van der Waals surface area contributed by atoms with Gasteiger partial charge in [0.05, 0.1) is 0 Å². The van der Waals surface area contributed by atoms with E-state index in [2.05, 4.69) is 28.3 Å². The summed E-state index contributed by atoms with van der Waals surface area (Å²) in [6.07, 6.45) is 8.64. The minimum atomic E-state index is 0.544. The molecule has 4 nitrogen and oxygen atoms in total. The Hall–Kier alpha value is -2.88. The SMILES string of the molecule is C[C@@H]1CCC[C@H](c2cccnc2Oc2ccc(Nc3ccccn3)cc2)C1. The van der Waals surface area contributed by atoms with Gasteiger partial charge in [-0.2, -0.15) is 0 Å². The van der Waals surface area contributed by atoms with E-state index in [0.29, 0.717) is 5.92 Å². The third-order valence-electron chi connectivity index (χ3n) is 5.18. The fourth-order valence-corrected chi connectivity index (χ4v) is 3.82. The quantitative estimate of drug-likeness (QED) is 0.580. The normalized spacial score (nSPS) is 19.4. The summed E-state index contributed by atoms with van der Waals surface area (Å²) in [6, 6.07) is 17.9. The van der Waals surface area contributed by atoms with E-state index in [1.807, 2.05) is 54.7 Å². The first-order valence-electron chi connectivity index (χ1n) is 9.69. The Bertz CT molecular complexity index is 864. The van der Waals surface area contributed by atoms with Crippen molar-refractivity contribution in [2.75, 3.05) is 5.32 Å². The molecule has 0 aliphatic heterocycles. The molecule has 4 rings (SSSR count). The fourth-order valence-electron chi connectivity index (χ4n) is 3.82. The van der Waals surface area contributed by atoms with Crippen LogP contribution in [0.1, 0.15) is 44.1 Å². The Balaban J connectivity index is 1.48. The molecule has 1 saturated carbocycles. The number of nitrogens with one attached hydrogen (secondary N) is 1. The summed E-state index contributed by atoms with van der Waals surface area (Å²) in [5, 5.41) is 3.28. The van der Waals surface area contributed by atoms with Gasteiger partial charge >= 0.3 is 0 Å². The van der Waals surface area contributed by atoms with Crippen molar-refractivity contribution in [2.24, 2.45) is 5.92 Å². The highest BCUT2D eigenvalue weighted by atomic mass is 16.5. The van der Waals surface area contributed by atoms with E-state index < -0.39 is 0 Å². The molecule has 0 saturated heterocycles. The molecule has 0 unspecified atom stereocenters. The predicted octanol–water partition coefficient (Wildman–Crippen LogP) is 6.31. The zero-order valence-corrected chi connectivity index (χ0v) is 15.6. The first kappa shape index (κ1) is 17.5. The summed E-state index contributed by atoms with van der Waals surface area (Å²) in [4.78, 5) is 8.80. The van der Waals surface area contributed by atoms with Gasteiger partial charge in [-0.1, -0.05) is 31.9 Å². The Morgan fingerprint density at radius 3 is 2.56 bits per heavy atom. The second-order valence-electron chi connectivity index (χ2n) is 7.33. The molecule has 0 radical (unpaired) electrons. The van der Waals surface area contributed by atoms with Crippen molar-refractivity contribution < 1.29 is 4.74 Å². The maximum atomic E-state index is 6.15. The lowest BCUT2D eigenvalue weighted by molar-refractivity contribution is 0.335. The van der Waals surface area contributed by atoms with Crippen LogP contribution in [0, 0.1) is 5.92 Å². The van der Waals surface area contributed by atoms with Crippen molar-refractivity contribution in [3.63, 3.8) is 0 Å². The number of anilines is 2. The first-order valence-corrected chi connectivity index (χ1v) is 9.69. The maximum Gasteiger partial charge on any atom is 0.222 e. The average molecular weight is 359 g/mol. The molecule has 2 heterocycles. The van der Waals surface area contributed by atoms with E-state index in [4.69, 9.17) is 4.74 Å². The van der Waals surface area contributed by atoms with E-state index in [1.165, 1.54) is 31.2 Å². The van der Waals surface area contributed by atoms with Crippen LogP contribution >= 0.6 is 0 Å². The van der Waals surface area contributed by atoms with E-state index in [9.17, 15) is 0 Å². The highest BCUT2D eigenvalue weighted by Crippen LogP contribution is 2.40. The second kappa shape index (κ2) is 8.21. The zero-order valence-electron chi connectivity index (χ0n) is 15.6. The first-order chi connectivity index (χ1) is 13.3. The Labute approximate surface area is 160 Å². The van der Waals surface area contributed by atoms with Gasteiger partial charge in [0.1, 0.15) is 11.6 Å². The van der Waals surface area contributed by atoms with Gasteiger partial charge in [0.15, 0.2) is 0 Å². The van der Waals surface area contributed by atoms with Crippen molar-refractivity contribution in [3.05, 3.63) is 72.6 Å². The molecule has 0 spiro atoms. The van der Waals surface area contributed by atoms with Gasteiger partial charge < -0.3 is 10.1 Å². The largest absolute Gasteiger partial charge is 0.439 e. The van der Waals surface area contributed by atoms with Crippen LogP contribution in [-0.4, -0.2) is 9.97 Å². The number of ether oxygens (including phenoxy) is 1. The van der Waals surface area contributed by atoms with E-state index in [-0.39, 0.29) is 0 Å². The van der Waals surface area contributed by atoms with Gasteiger partial charge in [-0.3, -0.25) is 0 Å². The Morgan fingerprint density at radius 2 is 1.78 bits per heavy atom. The molecule has 1 aliphatic rings. The third-order valence-corrected chi connectivity index (χ3v) is 5.18. The fraction of sp³-hybridized carbons (Fsp3) is 0.304.